The number of hydrogen-bond acceptors (Lipinski definition) is 5. The number of hydrogen-bond donors (Lipinski definition) is 2. The van der Waals surface area contributed by atoms with Crippen LogP contribution in [0.1, 0.15) is 61.0 Å². The lowest BCUT2D eigenvalue weighted by atomic mass is 9.77. The Balaban J connectivity index is 1.32. The topological polar surface area (TPSA) is 111 Å². The molecule has 0 saturated heterocycles. The maximum absolute atomic E-state index is 13.5. The van der Waals surface area contributed by atoms with Gasteiger partial charge in [-0.15, -0.1) is 0 Å². The second-order valence-electron chi connectivity index (χ2n) is 11.5. The molecule has 3 N–H and O–H groups in total. The minimum absolute atomic E-state index is 0.0128. The van der Waals surface area contributed by atoms with E-state index in [0.717, 1.165) is 56.1 Å². The average Bonchev–Trinajstić information content (AvgIpc) is 3.53. The summed E-state index contributed by atoms with van der Waals surface area (Å²) < 4.78 is 30.4. The molecule has 0 radical (unpaired) electrons. The zero-order valence-corrected chi connectivity index (χ0v) is 23.1. The van der Waals surface area contributed by atoms with Gasteiger partial charge in [-0.1, -0.05) is 85.6 Å². The van der Waals surface area contributed by atoms with E-state index in [1.165, 1.54) is 11.6 Å². The molecule has 1 heterocycles. The van der Waals surface area contributed by atoms with Crippen molar-refractivity contribution in [2.75, 3.05) is 0 Å². The molecule has 4 aromatic rings. The van der Waals surface area contributed by atoms with Gasteiger partial charge in [0.2, 0.25) is 10.0 Å². The molecule has 206 valence electrons. The number of primary sulfonamides is 1. The lowest BCUT2D eigenvalue weighted by molar-refractivity contribution is 0.304. The van der Waals surface area contributed by atoms with Crippen LogP contribution < -0.4 is 10.8 Å². The van der Waals surface area contributed by atoms with Gasteiger partial charge < -0.3 is 9.52 Å². The van der Waals surface area contributed by atoms with Gasteiger partial charge in [0.25, 0.3) is 0 Å². The Morgan fingerprint density at radius 1 is 0.775 bits per heavy atom. The van der Waals surface area contributed by atoms with Crippen molar-refractivity contribution < 1.29 is 17.9 Å². The summed E-state index contributed by atoms with van der Waals surface area (Å²) in [6, 6.07) is 26.2. The Kier molecular flexibility index (Phi) is 6.67. The molecule has 6 rings (SSSR count). The molecule has 0 atom stereocenters. The number of nitrogens with two attached hydrogens (primary N) is 1. The van der Waals surface area contributed by atoms with Crippen LogP contribution in [0, 0.1) is 0 Å². The van der Waals surface area contributed by atoms with Crippen LogP contribution in [0.3, 0.4) is 0 Å². The van der Waals surface area contributed by atoms with Gasteiger partial charge in [-0.05, 0) is 61.3 Å². The van der Waals surface area contributed by atoms with Gasteiger partial charge >= 0.3 is 5.63 Å². The van der Waals surface area contributed by atoms with E-state index >= 15 is 0 Å². The fraction of sp³-hybridized carbons (Fsp3) is 0.303. The van der Waals surface area contributed by atoms with Gasteiger partial charge in [0.1, 0.15) is 11.5 Å². The molecule has 2 fully saturated rings. The molecule has 6 nitrogen and oxygen atoms in total. The number of rotatable bonds is 8. The number of sulfonamides is 1. The minimum atomic E-state index is -3.89. The van der Waals surface area contributed by atoms with Gasteiger partial charge in [0.05, 0.1) is 10.5 Å². The molecule has 7 heteroatoms. The van der Waals surface area contributed by atoms with Gasteiger partial charge in [-0.25, -0.2) is 18.4 Å². The SMILES string of the molecule is NS(=O)(=O)c1ccccc1-c1cccc(CC2(c3c(O)cc(C4(Cc5ccccc5)CCCC4)oc3=O)CC2)c1. The predicted molar refractivity (Wildman–Crippen MR) is 155 cm³/mol. The molecule has 1 aromatic heterocycles. The van der Waals surface area contributed by atoms with Crippen molar-refractivity contribution in [3.05, 3.63) is 118 Å². The average molecular weight is 556 g/mol. The first-order valence-corrected chi connectivity index (χ1v) is 15.4. The van der Waals surface area contributed by atoms with Crippen molar-refractivity contribution >= 4 is 10.0 Å². The Hall–Kier alpha value is -3.68. The molecular formula is C33H33NO5S. The fourth-order valence-electron chi connectivity index (χ4n) is 6.64. The smallest absolute Gasteiger partial charge is 0.343 e. The molecule has 0 aliphatic heterocycles. The Morgan fingerprint density at radius 3 is 2.10 bits per heavy atom. The Bertz CT molecular complexity index is 1720. The molecule has 40 heavy (non-hydrogen) atoms. The number of benzene rings is 3. The first kappa shape index (κ1) is 26.5. The van der Waals surface area contributed by atoms with Crippen LogP contribution in [0.25, 0.3) is 11.1 Å². The van der Waals surface area contributed by atoms with Crippen LogP contribution in [0.4, 0.5) is 0 Å². The molecule has 2 aliphatic rings. The summed E-state index contributed by atoms with van der Waals surface area (Å²) in [5.41, 5.74) is 2.48. The first-order chi connectivity index (χ1) is 19.2. The van der Waals surface area contributed by atoms with Crippen LogP contribution in [0.5, 0.6) is 5.75 Å². The highest BCUT2D eigenvalue weighted by molar-refractivity contribution is 7.89. The van der Waals surface area contributed by atoms with Crippen molar-refractivity contribution in [3.8, 4) is 16.9 Å². The van der Waals surface area contributed by atoms with E-state index in [-0.39, 0.29) is 16.1 Å². The standard InChI is InChI=1S/C33H33NO5S/c34-40(37,38)28-14-5-4-13-26(28)25-12-8-11-24(19-25)22-33(17-18-33)30-27(35)20-29(39-31(30)36)32(15-6-7-16-32)21-23-9-2-1-3-10-23/h1-5,8-14,19-20,35H,6-7,15-18,21-22H2,(H2,34,37,38). The van der Waals surface area contributed by atoms with E-state index < -0.39 is 21.1 Å². The van der Waals surface area contributed by atoms with Gasteiger partial charge in [-0.2, -0.15) is 0 Å². The van der Waals surface area contributed by atoms with E-state index in [0.29, 0.717) is 23.3 Å². The molecule has 0 amide bonds. The summed E-state index contributed by atoms with van der Waals surface area (Å²) >= 11 is 0. The molecule has 3 aromatic carbocycles. The maximum atomic E-state index is 13.5. The molecular weight excluding hydrogens is 522 g/mol. The van der Waals surface area contributed by atoms with Crippen LogP contribution in [0.15, 0.2) is 99.0 Å². The molecule has 2 aliphatic carbocycles. The van der Waals surface area contributed by atoms with Crippen LogP contribution >= 0.6 is 0 Å². The second kappa shape index (κ2) is 10.1. The Labute approximate surface area is 234 Å². The highest BCUT2D eigenvalue weighted by atomic mass is 32.2. The fourth-order valence-corrected chi connectivity index (χ4v) is 7.40. The van der Waals surface area contributed by atoms with Crippen LogP contribution in [0.2, 0.25) is 0 Å². The highest BCUT2D eigenvalue weighted by Crippen LogP contribution is 2.53. The molecule has 0 unspecified atom stereocenters. The third-order valence-electron chi connectivity index (χ3n) is 8.76. The largest absolute Gasteiger partial charge is 0.507 e. The highest BCUT2D eigenvalue weighted by Gasteiger charge is 2.49. The van der Waals surface area contributed by atoms with Gasteiger partial charge in [-0.3, -0.25) is 0 Å². The number of aromatic hydroxyl groups is 1. The van der Waals surface area contributed by atoms with E-state index in [2.05, 4.69) is 12.1 Å². The lowest BCUT2D eigenvalue weighted by Crippen LogP contribution is -2.29. The van der Waals surface area contributed by atoms with Gasteiger partial charge in [0.15, 0.2) is 0 Å². The molecule has 2 saturated carbocycles. The molecule has 0 bridgehead atoms. The van der Waals surface area contributed by atoms with Crippen molar-refractivity contribution in [1.29, 1.82) is 0 Å². The van der Waals surface area contributed by atoms with E-state index in [9.17, 15) is 18.3 Å². The maximum Gasteiger partial charge on any atom is 0.343 e. The predicted octanol–water partition coefficient (Wildman–Crippen LogP) is 5.99. The third-order valence-corrected chi connectivity index (χ3v) is 9.73. The van der Waals surface area contributed by atoms with E-state index in [1.807, 2.05) is 42.5 Å². The van der Waals surface area contributed by atoms with Crippen LogP contribution in [-0.4, -0.2) is 13.5 Å². The summed E-state index contributed by atoms with van der Waals surface area (Å²) in [7, 11) is -3.89. The monoisotopic (exact) mass is 555 g/mol. The summed E-state index contributed by atoms with van der Waals surface area (Å²) in [6.07, 6.45) is 6.79. The lowest BCUT2D eigenvalue weighted by Gasteiger charge is -2.28. The zero-order chi connectivity index (χ0) is 28.0. The summed E-state index contributed by atoms with van der Waals surface area (Å²) in [5.74, 6) is 0.594. The summed E-state index contributed by atoms with van der Waals surface area (Å²) in [6.45, 7) is 0. The van der Waals surface area contributed by atoms with Crippen molar-refractivity contribution in [1.82, 2.24) is 0 Å². The van der Waals surface area contributed by atoms with Crippen LogP contribution in [-0.2, 0) is 33.7 Å². The van der Waals surface area contributed by atoms with E-state index in [1.54, 1.807) is 24.3 Å². The summed E-state index contributed by atoms with van der Waals surface area (Å²) in [5, 5.41) is 16.7. The summed E-state index contributed by atoms with van der Waals surface area (Å²) in [4.78, 5) is 13.6. The first-order valence-electron chi connectivity index (χ1n) is 13.8. The molecule has 0 spiro atoms. The van der Waals surface area contributed by atoms with Crippen molar-refractivity contribution in [3.63, 3.8) is 0 Å². The normalized spacial score (nSPS) is 17.5. The Morgan fingerprint density at radius 2 is 1.43 bits per heavy atom. The van der Waals surface area contributed by atoms with E-state index in [4.69, 9.17) is 9.56 Å². The zero-order valence-electron chi connectivity index (χ0n) is 22.3. The quantitative estimate of drug-likeness (QED) is 0.278. The second-order valence-corrected chi connectivity index (χ2v) is 13.0. The third kappa shape index (κ3) is 5.00. The van der Waals surface area contributed by atoms with Crippen molar-refractivity contribution in [2.45, 2.75) is 67.1 Å². The van der Waals surface area contributed by atoms with Gasteiger partial charge in [0, 0.05) is 22.5 Å². The van der Waals surface area contributed by atoms with Crippen molar-refractivity contribution in [2.24, 2.45) is 5.14 Å². The minimum Gasteiger partial charge on any atom is -0.507 e.